The molecule has 0 aliphatic rings. The number of carboxylic acid groups (broad SMARTS) is 1. The highest BCUT2D eigenvalue weighted by molar-refractivity contribution is 7.89. The van der Waals surface area contributed by atoms with E-state index in [9.17, 15) is 13.2 Å². The van der Waals surface area contributed by atoms with Gasteiger partial charge in [0, 0.05) is 19.2 Å². The molecule has 0 aliphatic carbocycles. The molecule has 1 N–H and O–H groups in total. The molecule has 1 aromatic rings. The predicted molar refractivity (Wildman–Crippen MR) is 73.2 cm³/mol. The van der Waals surface area contributed by atoms with Crippen LogP contribution in [-0.2, 0) is 14.8 Å². The van der Waals surface area contributed by atoms with Gasteiger partial charge in [-0.05, 0) is 37.6 Å². The van der Waals surface area contributed by atoms with E-state index in [1.165, 1.54) is 29.6 Å². The quantitative estimate of drug-likeness (QED) is 0.836. The molecule has 6 heteroatoms. The third-order valence-electron chi connectivity index (χ3n) is 2.68. The van der Waals surface area contributed by atoms with Crippen LogP contribution in [0.2, 0.25) is 0 Å². The standard InChI is InChI=1S/C13H17NO4S/c1-10(2)14(3)19(17,18)12-6-4-5-11(9-12)7-8-13(15)16/h4-10H,1-3H3,(H,15,16). The molecule has 0 amide bonds. The molecule has 0 aliphatic heterocycles. The molecule has 1 aromatic carbocycles. The predicted octanol–water partition coefficient (Wildman–Crippen LogP) is 1.81. The second kappa shape index (κ2) is 5.99. The van der Waals surface area contributed by atoms with Gasteiger partial charge >= 0.3 is 5.97 Å². The van der Waals surface area contributed by atoms with Crippen molar-refractivity contribution in [2.75, 3.05) is 7.05 Å². The van der Waals surface area contributed by atoms with E-state index in [1.807, 2.05) is 0 Å². The lowest BCUT2D eigenvalue weighted by Crippen LogP contribution is -2.33. The number of sulfonamides is 1. The third-order valence-corrected chi connectivity index (χ3v) is 4.71. The van der Waals surface area contributed by atoms with Crippen molar-refractivity contribution in [1.82, 2.24) is 4.31 Å². The Balaban J connectivity index is 3.16. The molecule has 104 valence electrons. The Kier molecular flexibility index (Phi) is 4.85. The highest BCUT2D eigenvalue weighted by Crippen LogP contribution is 2.18. The first-order valence-electron chi connectivity index (χ1n) is 5.74. The van der Waals surface area contributed by atoms with Gasteiger partial charge in [0.05, 0.1) is 4.90 Å². The number of carboxylic acids is 1. The van der Waals surface area contributed by atoms with Gasteiger partial charge in [0.2, 0.25) is 10.0 Å². The zero-order chi connectivity index (χ0) is 14.6. The lowest BCUT2D eigenvalue weighted by molar-refractivity contribution is -0.131. The number of carbonyl (C=O) groups is 1. The summed E-state index contributed by atoms with van der Waals surface area (Å²) in [6.45, 7) is 3.57. The molecule has 0 saturated carbocycles. The van der Waals surface area contributed by atoms with Crippen LogP contribution >= 0.6 is 0 Å². The van der Waals surface area contributed by atoms with Crippen LogP contribution in [0.3, 0.4) is 0 Å². The van der Waals surface area contributed by atoms with E-state index in [1.54, 1.807) is 26.0 Å². The monoisotopic (exact) mass is 283 g/mol. The highest BCUT2D eigenvalue weighted by atomic mass is 32.2. The molecule has 0 radical (unpaired) electrons. The van der Waals surface area contributed by atoms with Gasteiger partial charge in [-0.2, -0.15) is 4.31 Å². The van der Waals surface area contributed by atoms with Gasteiger partial charge in [-0.25, -0.2) is 13.2 Å². The minimum absolute atomic E-state index is 0.149. The molecule has 0 atom stereocenters. The molecule has 1 rings (SSSR count). The fourth-order valence-corrected chi connectivity index (χ4v) is 2.81. The van der Waals surface area contributed by atoms with Crippen molar-refractivity contribution in [3.8, 4) is 0 Å². The van der Waals surface area contributed by atoms with E-state index in [2.05, 4.69) is 0 Å². The van der Waals surface area contributed by atoms with Crippen molar-refractivity contribution >= 4 is 22.1 Å². The van der Waals surface area contributed by atoms with Gasteiger partial charge in [-0.1, -0.05) is 12.1 Å². The first kappa shape index (κ1) is 15.4. The van der Waals surface area contributed by atoms with Crippen LogP contribution in [0.15, 0.2) is 35.2 Å². The summed E-state index contributed by atoms with van der Waals surface area (Å²) in [5.41, 5.74) is 0.528. The van der Waals surface area contributed by atoms with Crippen molar-refractivity contribution in [3.63, 3.8) is 0 Å². The lowest BCUT2D eigenvalue weighted by Gasteiger charge is -2.21. The summed E-state index contributed by atoms with van der Waals surface area (Å²) in [6, 6.07) is 6.03. The van der Waals surface area contributed by atoms with E-state index in [4.69, 9.17) is 5.11 Å². The van der Waals surface area contributed by atoms with E-state index in [-0.39, 0.29) is 10.9 Å². The summed E-state index contributed by atoms with van der Waals surface area (Å²) in [7, 11) is -2.03. The van der Waals surface area contributed by atoms with E-state index in [0.717, 1.165) is 6.08 Å². The maximum atomic E-state index is 12.2. The topological polar surface area (TPSA) is 74.7 Å². The normalized spacial score (nSPS) is 12.5. The molecular formula is C13H17NO4S. The number of rotatable bonds is 5. The second-order valence-electron chi connectivity index (χ2n) is 4.36. The summed E-state index contributed by atoms with van der Waals surface area (Å²) in [6.07, 6.45) is 2.33. The summed E-state index contributed by atoms with van der Waals surface area (Å²) in [4.78, 5) is 10.6. The second-order valence-corrected chi connectivity index (χ2v) is 6.36. The summed E-state index contributed by atoms with van der Waals surface area (Å²) in [5.74, 6) is -1.08. The summed E-state index contributed by atoms with van der Waals surface area (Å²) in [5, 5.41) is 8.55. The van der Waals surface area contributed by atoms with E-state index >= 15 is 0 Å². The summed E-state index contributed by atoms with van der Waals surface area (Å²) >= 11 is 0. The highest BCUT2D eigenvalue weighted by Gasteiger charge is 2.22. The number of hydrogen-bond donors (Lipinski definition) is 1. The lowest BCUT2D eigenvalue weighted by atomic mass is 10.2. The first-order chi connectivity index (χ1) is 8.75. The van der Waals surface area contributed by atoms with Crippen molar-refractivity contribution in [2.24, 2.45) is 0 Å². The Morgan fingerprint density at radius 1 is 1.37 bits per heavy atom. The fraction of sp³-hybridized carbons (Fsp3) is 0.308. The molecule has 19 heavy (non-hydrogen) atoms. The molecular weight excluding hydrogens is 266 g/mol. The van der Waals surface area contributed by atoms with Crippen molar-refractivity contribution in [3.05, 3.63) is 35.9 Å². The fourth-order valence-electron chi connectivity index (χ4n) is 1.39. The van der Waals surface area contributed by atoms with Crippen molar-refractivity contribution in [2.45, 2.75) is 24.8 Å². The smallest absolute Gasteiger partial charge is 0.328 e. The van der Waals surface area contributed by atoms with Gasteiger partial charge < -0.3 is 5.11 Å². The van der Waals surface area contributed by atoms with E-state index < -0.39 is 16.0 Å². The van der Waals surface area contributed by atoms with Crippen molar-refractivity contribution < 1.29 is 18.3 Å². The zero-order valence-corrected chi connectivity index (χ0v) is 11.9. The average Bonchev–Trinajstić information content (AvgIpc) is 2.35. The molecule has 0 saturated heterocycles. The minimum Gasteiger partial charge on any atom is -0.478 e. The zero-order valence-electron chi connectivity index (χ0n) is 11.1. The van der Waals surface area contributed by atoms with Gasteiger partial charge in [-0.15, -0.1) is 0 Å². The van der Waals surface area contributed by atoms with Crippen LogP contribution in [0.1, 0.15) is 19.4 Å². The molecule has 0 fully saturated rings. The van der Waals surface area contributed by atoms with Gasteiger partial charge in [0.25, 0.3) is 0 Å². The number of nitrogens with zero attached hydrogens (tertiary/aromatic N) is 1. The minimum atomic E-state index is -3.55. The first-order valence-corrected chi connectivity index (χ1v) is 7.18. The molecule has 0 unspecified atom stereocenters. The molecule has 0 spiro atoms. The third kappa shape index (κ3) is 3.90. The number of benzene rings is 1. The van der Waals surface area contributed by atoms with Crippen LogP contribution < -0.4 is 0 Å². The van der Waals surface area contributed by atoms with Crippen LogP contribution in [-0.4, -0.2) is 36.9 Å². The molecule has 0 aromatic heterocycles. The van der Waals surface area contributed by atoms with Crippen LogP contribution in [0, 0.1) is 0 Å². The van der Waals surface area contributed by atoms with Gasteiger partial charge in [0.15, 0.2) is 0 Å². The Bertz CT molecular complexity index is 590. The molecule has 0 bridgehead atoms. The Labute approximate surface area is 113 Å². The van der Waals surface area contributed by atoms with E-state index in [0.29, 0.717) is 5.56 Å². The van der Waals surface area contributed by atoms with Crippen LogP contribution in [0.4, 0.5) is 0 Å². The number of hydrogen-bond acceptors (Lipinski definition) is 3. The Hall–Kier alpha value is -1.66. The maximum Gasteiger partial charge on any atom is 0.328 e. The Morgan fingerprint density at radius 3 is 2.53 bits per heavy atom. The van der Waals surface area contributed by atoms with Gasteiger partial charge in [0.1, 0.15) is 0 Å². The number of aliphatic carboxylic acids is 1. The average molecular weight is 283 g/mol. The SMILES string of the molecule is CC(C)N(C)S(=O)(=O)c1cccc(C=CC(=O)O)c1. The van der Waals surface area contributed by atoms with Crippen molar-refractivity contribution in [1.29, 1.82) is 0 Å². The molecule has 5 nitrogen and oxygen atoms in total. The maximum absolute atomic E-state index is 12.2. The van der Waals surface area contributed by atoms with Crippen LogP contribution in [0.25, 0.3) is 6.08 Å². The largest absolute Gasteiger partial charge is 0.478 e. The van der Waals surface area contributed by atoms with Gasteiger partial charge in [-0.3, -0.25) is 0 Å². The summed E-state index contributed by atoms with van der Waals surface area (Å²) < 4.78 is 25.8. The van der Waals surface area contributed by atoms with Crippen LogP contribution in [0.5, 0.6) is 0 Å². The molecule has 0 heterocycles. The Morgan fingerprint density at radius 2 is 2.00 bits per heavy atom.